The zero-order chi connectivity index (χ0) is 23.4. The Labute approximate surface area is 196 Å². The molecule has 33 heavy (non-hydrogen) atoms. The van der Waals surface area contributed by atoms with Crippen molar-refractivity contribution in [2.45, 2.75) is 20.0 Å². The van der Waals surface area contributed by atoms with Gasteiger partial charge in [-0.3, -0.25) is 10.7 Å². The normalized spacial score (nSPS) is 11.7. The van der Waals surface area contributed by atoms with Crippen LogP contribution in [0.1, 0.15) is 27.7 Å². The molecule has 4 N–H and O–H groups in total. The molecule has 4 aromatic rings. The van der Waals surface area contributed by atoms with Gasteiger partial charge in [-0.1, -0.05) is 42.5 Å². The Morgan fingerprint density at radius 1 is 1.03 bits per heavy atom. The zero-order valence-corrected chi connectivity index (χ0v) is 19.2. The first-order valence-electron chi connectivity index (χ1n) is 10.5. The Kier molecular flexibility index (Phi) is 6.60. The number of amidine groups is 1. The summed E-state index contributed by atoms with van der Waals surface area (Å²) >= 11 is 1.44. The highest BCUT2D eigenvalue weighted by Crippen LogP contribution is 2.35. The van der Waals surface area contributed by atoms with Gasteiger partial charge in [-0.15, -0.1) is 11.3 Å². The summed E-state index contributed by atoms with van der Waals surface area (Å²) in [4.78, 5) is 13.1. The molecule has 0 saturated heterocycles. The van der Waals surface area contributed by atoms with Gasteiger partial charge < -0.3 is 15.2 Å². The molecule has 0 fully saturated rings. The van der Waals surface area contributed by atoms with E-state index in [1.807, 2.05) is 86.6 Å². The quantitative estimate of drug-likeness (QED) is 0.227. The molecule has 1 atom stereocenters. The number of hydrogen-bond acceptors (Lipinski definition) is 5. The molecule has 0 saturated carbocycles. The van der Waals surface area contributed by atoms with E-state index in [1.165, 1.54) is 11.3 Å². The van der Waals surface area contributed by atoms with E-state index in [1.54, 1.807) is 0 Å². The third-order valence-corrected chi connectivity index (χ3v) is 6.48. The van der Waals surface area contributed by atoms with E-state index in [2.05, 4.69) is 5.32 Å². The van der Waals surface area contributed by atoms with Crippen LogP contribution in [0.4, 0.5) is 10.5 Å². The SMILES string of the molecule is Cc1ccc(NC(=O)OCC(Oc2cccc3sc(C(=N)N)cc23)c2ccccc2)cc1C. The summed E-state index contributed by atoms with van der Waals surface area (Å²) in [5.74, 6) is 0.663. The van der Waals surface area contributed by atoms with E-state index in [-0.39, 0.29) is 12.4 Å². The van der Waals surface area contributed by atoms with Crippen LogP contribution in [0.25, 0.3) is 10.1 Å². The minimum Gasteiger partial charge on any atom is -0.481 e. The molecule has 0 bridgehead atoms. The molecule has 0 radical (unpaired) electrons. The first kappa shape index (κ1) is 22.4. The molecule has 1 unspecified atom stereocenters. The maximum atomic E-state index is 12.5. The van der Waals surface area contributed by atoms with Crippen molar-refractivity contribution in [2.24, 2.45) is 5.73 Å². The molecule has 1 heterocycles. The van der Waals surface area contributed by atoms with Crippen LogP contribution in [0.15, 0.2) is 72.8 Å². The van der Waals surface area contributed by atoms with Crippen molar-refractivity contribution in [3.8, 4) is 5.75 Å². The number of hydrogen-bond donors (Lipinski definition) is 3. The average Bonchev–Trinajstić information content (AvgIpc) is 3.25. The van der Waals surface area contributed by atoms with Gasteiger partial charge in [-0.2, -0.15) is 0 Å². The number of amides is 1. The molecule has 3 aromatic carbocycles. The van der Waals surface area contributed by atoms with E-state index in [0.29, 0.717) is 16.3 Å². The van der Waals surface area contributed by atoms with Crippen molar-refractivity contribution in [1.29, 1.82) is 5.41 Å². The maximum absolute atomic E-state index is 12.5. The average molecular weight is 460 g/mol. The number of carbonyl (C=O) groups is 1. The molecule has 0 spiro atoms. The van der Waals surface area contributed by atoms with Gasteiger partial charge in [-0.25, -0.2) is 4.79 Å². The molecule has 0 aliphatic heterocycles. The minimum absolute atomic E-state index is 0.0214. The van der Waals surface area contributed by atoms with Gasteiger partial charge in [0.05, 0.1) is 4.88 Å². The van der Waals surface area contributed by atoms with Gasteiger partial charge in [-0.05, 0) is 60.9 Å². The summed E-state index contributed by atoms with van der Waals surface area (Å²) in [6, 6.07) is 22.9. The molecule has 4 rings (SSSR count). The van der Waals surface area contributed by atoms with E-state index >= 15 is 0 Å². The number of nitrogen functional groups attached to an aromatic ring is 1. The predicted octanol–water partition coefficient (Wildman–Crippen LogP) is 6.17. The molecule has 7 heteroatoms. The van der Waals surface area contributed by atoms with Gasteiger partial charge in [0.2, 0.25) is 0 Å². The second-order valence-electron chi connectivity index (χ2n) is 7.73. The van der Waals surface area contributed by atoms with Gasteiger partial charge in [0.15, 0.2) is 6.10 Å². The highest BCUT2D eigenvalue weighted by atomic mass is 32.1. The van der Waals surface area contributed by atoms with Crippen LogP contribution in [0.2, 0.25) is 0 Å². The van der Waals surface area contributed by atoms with Crippen molar-refractivity contribution in [3.05, 3.63) is 94.4 Å². The van der Waals surface area contributed by atoms with Crippen molar-refractivity contribution in [2.75, 3.05) is 11.9 Å². The standard InChI is InChI=1S/C26H25N3O3S/c1-16-11-12-19(13-17(16)2)29-26(30)31-15-22(18-7-4-3-5-8-18)32-21-9-6-10-23-20(21)14-24(33-23)25(27)28/h3-14,22H,15H2,1-2H3,(H3,27,28)(H,29,30). The lowest BCUT2D eigenvalue weighted by Crippen LogP contribution is -2.21. The lowest BCUT2D eigenvalue weighted by molar-refractivity contribution is 0.0910. The van der Waals surface area contributed by atoms with E-state index in [0.717, 1.165) is 26.8 Å². The topological polar surface area (TPSA) is 97.4 Å². The van der Waals surface area contributed by atoms with Crippen LogP contribution in [0.5, 0.6) is 5.75 Å². The highest BCUT2D eigenvalue weighted by molar-refractivity contribution is 7.20. The van der Waals surface area contributed by atoms with Crippen molar-refractivity contribution in [1.82, 2.24) is 0 Å². The van der Waals surface area contributed by atoms with Crippen LogP contribution >= 0.6 is 11.3 Å². The third kappa shape index (κ3) is 5.32. The zero-order valence-electron chi connectivity index (χ0n) is 18.4. The fourth-order valence-electron chi connectivity index (χ4n) is 3.41. The summed E-state index contributed by atoms with van der Waals surface area (Å²) in [5, 5.41) is 11.4. The molecular weight excluding hydrogens is 434 g/mol. The fourth-order valence-corrected chi connectivity index (χ4v) is 4.35. The monoisotopic (exact) mass is 459 g/mol. The molecule has 0 aliphatic carbocycles. The van der Waals surface area contributed by atoms with Crippen LogP contribution in [-0.2, 0) is 4.74 Å². The lowest BCUT2D eigenvalue weighted by Gasteiger charge is -2.20. The molecule has 1 amide bonds. The molecule has 6 nitrogen and oxygen atoms in total. The summed E-state index contributed by atoms with van der Waals surface area (Å²) < 4.78 is 12.8. The summed E-state index contributed by atoms with van der Waals surface area (Å²) in [7, 11) is 0. The Hall–Kier alpha value is -3.84. The Bertz CT molecular complexity index is 1300. The number of benzene rings is 3. The second kappa shape index (κ2) is 9.75. The number of carbonyl (C=O) groups excluding carboxylic acids is 1. The predicted molar refractivity (Wildman–Crippen MR) is 134 cm³/mol. The first-order chi connectivity index (χ1) is 15.9. The molecule has 0 aliphatic rings. The van der Waals surface area contributed by atoms with Gasteiger partial charge >= 0.3 is 6.09 Å². The fraction of sp³-hybridized carbons (Fsp3) is 0.154. The number of rotatable bonds is 7. The minimum atomic E-state index is -0.546. The van der Waals surface area contributed by atoms with Crippen molar-refractivity contribution in [3.63, 3.8) is 0 Å². The molecule has 1 aromatic heterocycles. The second-order valence-corrected chi connectivity index (χ2v) is 8.82. The van der Waals surface area contributed by atoms with Gasteiger partial charge in [0, 0.05) is 15.8 Å². The first-order valence-corrected chi connectivity index (χ1v) is 11.3. The highest BCUT2D eigenvalue weighted by Gasteiger charge is 2.19. The van der Waals surface area contributed by atoms with Crippen molar-refractivity contribution < 1.29 is 14.3 Å². The summed E-state index contributed by atoms with van der Waals surface area (Å²) in [5.41, 5.74) is 9.48. The maximum Gasteiger partial charge on any atom is 0.411 e. The number of nitrogens with two attached hydrogens (primary N) is 1. The van der Waals surface area contributed by atoms with Crippen LogP contribution in [-0.4, -0.2) is 18.5 Å². The Morgan fingerprint density at radius 2 is 1.82 bits per heavy atom. The van der Waals surface area contributed by atoms with Crippen LogP contribution in [0, 0.1) is 19.3 Å². The molecular formula is C26H25N3O3S. The lowest BCUT2D eigenvalue weighted by atomic mass is 10.1. The van der Waals surface area contributed by atoms with Gasteiger partial charge in [0.25, 0.3) is 0 Å². The summed E-state index contributed by atoms with van der Waals surface area (Å²) in [6.07, 6.45) is -1.06. The van der Waals surface area contributed by atoms with E-state index in [9.17, 15) is 4.79 Å². The van der Waals surface area contributed by atoms with Gasteiger partial charge in [0.1, 0.15) is 18.2 Å². The van der Waals surface area contributed by atoms with Crippen LogP contribution in [0.3, 0.4) is 0 Å². The number of anilines is 1. The smallest absolute Gasteiger partial charge is 0.411 e. The Balaban J connectivity index is 1.53. The molecule has 168 valence electrons. The van der Waals surface area contributed by atoms with Crippen molar-refractivity contribution >= 4 is 39.0 Å². The number of thiophene rings is 1. The number of ether oxygens (including phenoxy) is 2. The summed E-state index contributed by atoms with van der Waals surface area (Å²) in [6.45, 7) is 4.04. The van der Waals surface area contributed by atoms with E-state index < -0.39 is 12.2 Å². The Morgan fingerprint density at radius 3 is 2.55 bits per heavy atom. The third-order valence-electron chi connectivity index (χ3n) is 5.35. The number of aryl methyl sites for hydroxylation is 2. The largest absolute Gasteiger partial charge is 0.481 e. The number of nitrogens with one attached hydrogen (secondary N) is 2. The van der Waals surface area contributed by atoms with E-state index in [4.69, 9.17) is 20.6 Å². The van der Waals surface area contributed by atoms with Crippen LogP contribution < -0.4 is 15.8 Å². The number of fused-ring (bicyclic) bond motifs is 1.